The average Bonchev–Trinajstić information content (AvgIpc) is 3.31. The standard InChI is InChI=1S/C18H14BrN3O/c1-22-17(16(19)10-21-22)14-8-11-4-2-3-5-13(11)18(15(14)9-20)23-12-6-7-12/h2-5,8,10,12H,6-7H2,1H3. The van der Waals surface area contributed by atoms with Crippen molar-refractivity contribution in [1.29, 1.82) is 5.26 Å². The molecule has 0 amide bonds. The SMILES string of the molecule is Cn1ncc(Br)c1-c1cc2ccccc2c(OC2CC2)c1C#N. The van der Waals surface area contributed by atoms with E-state index in [4.69, 9.17) is 4.74 Å². The zero-order valence-corrected chi connectivity index (χ0v) is 14.2. The average molecular weight is 368 g/mol. The molecule has 1 fully saturated rings. The van der Waals surface area contributed by atoms with Gasteiger partial charge in [-0.25, -0.2) is 0 Å². The number of nitriles is 1. The van der Waals surface area contributed by atoms with Crippen LogP contribution in [0.15, 0.2) is 41.0 Å². The first-order chi connectivity index (χ1) is 11.2. The summed E-state index contributed by atoms with van der Waals surface area (Å²) in [5.74, 6) is 0.691. The molecule has 0 spiro atoms. The van der Waals surface area contributed by atoms with Crippen LogP contribution in [0.3, 0.4) is 0 Å². The summed E-state index contributed by atoms with van der Waals surface area (Å²) < 4.78 is 8.75. The smallest absolute Gasteiger partial charge is 0.145 e. The summed E-state index contributed by atoms with van der Waals surface area (Å²) in [6, 6.07) is 12.4. The third-order valence-electron chi connectivity index (χ3n) is 4.07. The third-order valence-corrected chi connectivity index (χ3v) is 4.65. The van der Waals surface area contributed by atoms with E-state index >= 15 is 0 Å². The van der Waals surface area contributed by atoms with E-state index in [0.717, 1.165) is 39.3 Å². The van der Waals surface area contributed by atoms with Crippen LogP contribution in [0.4, 0.5) is 0 Å². The second-order valence-electron chi connectivity index (χ2n) is 5.74. The first-order valence-electron chi connectivity index (χ1n) is 7.49. The van der Waals surface area contributed by atoms with Crippen molar-refractivity contribution in [3.8, 4) is 23.1 Å². The highest BCUT2D eigenvalue weighted by Gasteiger charge is 2.27. The van der Waals surface area contributed by atoms with Crippen molar-refractivity contribution in [3.05, 3.63) is 46.6 Å². The summed E-state index contributed by atoms with van der Waals surface area (Å²) in [4.78, 5) is 0. The lowest BCUT2D eigenvalue weighted by atomic mass is 9.98. The number of halogens is 1. The fraction of sp³-hybridized carbons (Fsp3) is 0.222. The van der Waals surface area contributed by atoms with Crippen molar-refractivity contribution < 1.29 is 4.74 Å². The lowest BCUT2D eigenvalue weighted by Crippen LogP contribution is -2.02. The molecule has 1 saturated carbocycles. The topological polar surface area (TPSA) is 50.8 Å². The van der Waals surface area contributed by atoms with Gasteiger partial charge in [0, 0.05) is 18.0 Å². The first kappa shape index (κ1) is 14.3. The summed E-state index contributed by atoms with van der Waals surface area (Å²) in [6.07, 6.45) is 4.08. The van der Waals surface area contributed by atoms with E-state index in [1.54, 1.807) is 10.9 Å². The van der Waals surface area contributed by atoms with Crippen LogP contribution >= 0.6 is 15.9 Å². The predicted octanol–water partition coefficient (Wildman–Crippen LogP) is 4.42. The Bertz CT molecular complexity index is 931. The molecule has 0 atom stereocenters. The zero-order chi connectivity index (χ0) is 16.0. The highest BCUT2D eigenvalue weighted by molar-refractivity contribution is 9.10. The predicted molar refractivity (Wildman–Crippen MR) is 92.2 cm³/mol. The van der Waals surface area contributed by atoms with Gasteiger partial charge in [-0.3, -0.25) is 4.68 Å². The minimum absolute atomic E-state index is 0.232. The molecule has 4 rings (SSSR count). The van der Waals surface area contributed by atoms with Crippen LogP contribution in [0.5, 0.6) is 5.75 Å². The van der Waals surface area contributed by atoms with Crippen LogP contribution in [0.2, 0.25) is 0 Å². The molecule has 0 bridgehead atoms. The van der Waals surface area contributed by atoms with Crippen LogP contribution in [0, 0.1) is 11.3 Å². The molecule has 4 nitrogen and oxygen atoms in total. The van der Waals surface area contributed by atoms with Crippen molar-refractivity contribution in [2.75, 3.05) is 0 Å². The molecule has 114 valence electrons. The Balaban J connectivity index is 2.06. The van der Waals surface area contributed by atoms with E-state index in [9.17, 15) is 5.26 Å². The number of ether oxygens (including phenoxy) is 1. The second kappa shape index (κ2) is 5.39. The Kier molecular flexibility index (Phi) is 3.35. The fourth-order valence-corrected chi connectivity index (χ4v) is 3.36. The molecular weight excluding hydrogens is 354 g/mol. The van der Waals surface area contributed by atoms with Gasteiger partial charge in [0.15, 0.2) is 0 Å². The van der Waals surface area contributed by atoms with Crippen molar-refractivity contribution in [2.45, 2.75) is 18.9 Å². The van der Waals surface area contributed by atoms with Crippen LogP contribution < -0.4 is 4.74 Å². The molecule has 0 aliphatic heterocycles. The van der Waals surface area contributed by atoms with Crippen LogP contribution in [-0.4, -0.2) is 15.9 Å². The Hall–Kier alpha value is -2.32. The molecule has 1 aromatic heterocycles. The zero-order valence-electron chi connectivity index (χ0n) is 12.6. The molecule has 1 aliphatic carbocycles. The molecule has 1 heterocycles. The molecule has 0 N–H and O–H groups in total. The van der Waals surface area contributed by atoms with Gasteiger partial charge >= 0.3 is 0 Å². The van der Waals surface area contributed by atoms with Crippen LogP contribution in [0.25, 0.3) is 22.0 Å². The van der Waals surface area contributed by atoms with E-state index in [0.29, 0.717) is 11.3 Å². The number of fused-ring (bicyclic) bond motifs is 1. The Morgan fingerprint density at radius 3 is 2.78 bits per heavy atom. The van der Waals surface area contributed by atoms with Gasteiger partial charge in [0.1, 0.15) is 17.4 Å². The first-order valence-corrected chi connectivity index (χ1v) is 8.28. The quantitative estimate of drug-likeness (QED) is 0.688. The number of benzene rings is 2. The highest BCUT2D eigenvalue weighted by Crippen LogP contribution is 2.41. The maximum atomic E-state index is 9.80. The molecule has 5 heteroatoms. The van der Waals surface area contributed by atoms with E-state index in [2.05, 4.69) is 27.1 Å². The lowest BCUT2D eigenvalue weighted by molar-refractivity contribution is 0.306. The summed E-state index contributed by atoms with van der Waals surface area (Å²) >= 11 is 3.54. The molecule has 23 heavy (non-hydrogen) atoms. The normalized spacial score (nSPS) is 14.0. The van der Waals surface area contributed by atoms with Crippen molar-refractivity contribution >= 4 is 26.7 Å². The maximum Gasteiger partial charge on any atom is 0.145 e. The Morgan fingerprint density at radius 1 is 1.35 bits per heavy atom. The van der Waals surface area contributed by atoms with E-state index in [1.165, 1.54) is 0 Å². The summed E-state index contributed by atoms with van der Waals surface area (Å²) in [5, 5.41) is 16.1. The molecular formula is C18H14BrN3O. The third kappa shape index (κ3) is 2.40. The van der Waals surface area contributed by atoms with E-state index < -0.39 is 0 Å². The summed E-state index contributed by atoms with van der Waals surface area (Å²) in [7, 11) is 1.87. The number of rotatable bonds is 3. The second-order valence-corrected chi connectivity index (χ2v) is 6.60. The number of hydrogen-bond donors (Lipinski definition) is 0. The summed E-state index contributed by atoms with van der Waals surface area (Å²) in [6.45, 7) is 0. The number of nitrogens with zero attached hydrogens (tertiary/aromatic N) is 3. The van der Waals surface area contributed by atoms with Gasteiger partial charge in [-0.15, -0.1) is 0 Å². The molecule has 0 unspecified atom stereocenters. The number of hydrogen-bond acceptors (Lipinski definition) is 3. The molecule has 0 saturated heterocycles. The van der Waals surface area contributed by atoms with Gasteiger partial charge in [0.25, 0.3) is 0 Å². The van der Waals surface area contributed by atoms with Crippen molar-refractivity contribution in [1.82, 2.24) is 9.78 Å². The molecule has 3 aromatic rings. The number of aryl methyl sites for hydroxylation is 1. The fourth-order valence-electron chi connectivity index (χ4n) is 2.80. The Morgan fingerprint density at radius 2 is 2.13 bits per heavy atom. The maximum absolute atomic E-state index is 9.80. The molecule has 1 aliphatic rings. The van der Waals surface area contributed by atoms with Gasteiger partial charge in [-0.2, -0.15) is 10.4 Å². The minimum atomic E-state index is 0.232. The summed E-state index contributed by atoms with van der Waals surface area (Å²) in [5.41, 5.74) is 2.29. The van der Waals surface area contributed by atoms with Crippen molar-refractivity contribution in [2.24, 2.45) is 7.05 Å². The highest BCUT2D eigenvalue weighted by atomic mass is 79.9. The van der Waals surface area contributed by atoms with Crippen LogP contribution in [-0.2, 0) is 7.05 Å². The van der Waals surface area contributed by atoms with Crippen LogP contribution in [0.1, 0.15) is 18.4 Å². The van der Waals surface area contributed by atoms with Gasteiger partial charge < -0.3 is 4.74 Å². The molecule has 0 radical (unpaired) electrons. The van der Waals surface area contributed by atoms with Crippen molar-refractivity contribution in [3.63, 3.8) is 0 Å². The van der Waals surface area contributed by atoms with E-state index in [-0.39, 0.29) is 6.10 Å². The number of aromatic nitrogens is 2. The monoisotopic (exact) mass is 367 g/mol. The Labute approximate surface area is 142 Å². The van der Waals surface area contributed by atoms with Gasteiger partial charge in [0.2, 0.25) is 0 Å². The minimum Gasteiger partial charge on any atom is -0.488 e. The molecule has 2 aromatic carbocycles. The van der Waals surface area contributed by atoms with Gasteiger partial charge in [0.05, 0.1) is 22.5 Å². The lowest BCUT2D eigenvalue weighted by Gasteiger charge is -2.15. The largest absolute Gasteiger partial charge is 0.488 e. The van der Waals surface area contributed by atoms with E-state index in [1.807, 2.05) is 37.4 Å². The van der Waals surface area contributed by atoms with Gasteiger partial charge in [-0.05, 0) is 40.2 Å². The van der Waals surface area contributed by atoms with Gasteiger partial charge in [-0.1, -0.05) is 24.3 Å².